The van der Waals surface area contributed by atoms with E-state index in [1.165, 1.54) is 38.8 Å². The summed E-state index contributed by atoms with van der Waals surface area (Å²) in [4.78, 5) is 16.7. The molecule has 0 radical (unpaired) electrons. The van der Waals surface area contributed by atoms with Gasteiger partial charge >= 0.3 is 0 Å². The van der Waals surface area contributed by atoms with Crippen LogP contribution in [0.4, 0.5) is 0 Å². The zero-order valence-corrected chi connectivity index (χ0v) is 12.6. The third-order valence-corrected chi connectivity index (χ3v) is 4.21. The molecule has 1 aliphatic carbocycles. The van der Waals surface area contributed by atoms with Crippen molar-refractivity contribution in [2.24, 2.45) is 5.73 Å². The Kier molecular flexibility index (Phi) is 6.76. The topological polar surface area (TPSA) is 61.6 Å². The fraction of sp³-hybridized carbons (Fsp3) is 0.933. The summed E-state index contributed by atoms with van der Waals surface area (Å²) in [6, 6.07) is 0.490. The van der Waals surface area contributed by atoms with E-state index in [-0.39, 0.29) is 5.91 Å². The molecule has 2 aliphatic rings. The number of hydrogen-bond acceptors (Lipinski definition) is 4. The zero-order chi connectivity index (χ0) is 14.2. The van der Waals surface area contributed by atoms with Gasteiger partial charge in [0.05, 0.1) is 0 Å². The molecular formula is C15H30N4O. The number of amides is 1. The molecule has 20 heavy (non-hydrogen) atoms. The van der Waals surface area contributed by atoms with Gasteiger partial charge in [-0.25, -0.2) is 0 Å². The maximum absolute atomic E-state index is 11.7. The lowest BCUT2D eigenvalue weighted by Crippen LogP contribution is -2.34. The quantitative estimate of drug-likeness (QED) is 0.633. The summed E-state index contributed by atoms with van der Waals surface area (Å²) < 4.78 is 0. The van der Waals surface area contributed by atoms with Crippen molar-refractivity contribution in [3.05, 3.63) is 0 Å². The molecule has 0 atom stereocenters. The van der Waals surface area contributed by atoms with Gasteiger partial charge in [-0.05, 0) is 58.3 Å². The van der Waals surface area contributed by atoms with Gasteiger partial charge in [0.2, 0.25) is 5.91 Å². The van der Waals surface area contributed by atoms with Crippen LogP contribution in [0.15, 0.2) is 0 Å². The maximum atomic E-state index is 11.7. The lowest BCUT2D eigenvalue weighted by Gasteiger charge is -2.21. The summed E-state index contributed by atoms with van der Waals surface area (Å²) >= 11 is 0. The highest BCUT2D eigenvalue weighted by molar-refractivity contribution is 5.76. The normalized spacial score (nSPS) is 21.6. The van der Waals surface area contributed by atoms with E-state index >= 15 is 0 Å². The predicted octanol–water partition coefficient (Wildman–Crippen LogP) is 0.402. The van der Waals surface area contributed by atoms with Crippen LogP contribution in [0.25, 0.3) is 0 Å². The van der Waals surface area contributed by atoms with E-state index in [2.05, 4.69) is 15.1 Å². The van der Waals surface area contributed by atoms with Crippen LogP contribution in [0, 0.1) is 0 Å². The molecule has 0 aromatic carbocycles. The summed E-state index contributed by atoms with van der Waals surface area (Å²) in [6.45, 7) is 7.44. The Bertz CT molecular complexity index is 294. The van der Waals surface area contributed by atoms with E-state index in [4.69, 9.17) is 5.73 Å². The molecule has 0 spiro atoms. The van der Waals surface area contributed by atoms with Gasteiger partial charge in [-0.2, -0.15) is 0 Å². The first-order chi connectivity index (χ1) is 9.78. The average molecular weight is 282 g/mol. The number of rotatable bonds is 8. The Hall–Kier alpha value is -0.650. The average Bonchev–Trinajstić information content (AvgIpc) is 3.25. The van der Waals surface area contributed by atoms with Crippen molar-refractivity contribution in [3.63, 3.8) is 0 Å². The van der Waals surface area contributed by atoms with Crippen molar-refractivity contribution in [1.82, 2.24) is 15.1 Å². The molecule has 0 aromatic heterocycles. The highest BCUT2D eigenvalue weighted by Gasteiger charge is 2.23. The molecule has 0 bridgehead atoms. The number of unbranched alkanes of at least 4 members (excludes halogenated alkanes) is 1. The van der Waals surface area contributed by atoms with Crippen LogP contribution in [-0.2, 0) is 4.79 Å². The third-order valence-electron chi connectivity index (χ3n) is 4.21. The van der Waals surface area contributed by atoms with E-state index in [9.17, 15) is 4.79 Å². The first kappa shape index (κ1) is 15.7. The largest absolute Gasteiger partial charge is 0.353 e. The molecule has 2 fully saturated rings. The molecule has 3 N–H and O–H groups in total. The van der Waals surface area contributed by atoms with Gasteiger partial charge < -0.3 is 20.9 Å². The van der Waals surface area contributed by atoms with Gasteiger partial charge in [-0.15, -0.1) is 0 Å². The maximum Gasteiger partial charge on any atom is 0.221 e. The third kappa shape index (κ3) is 6.20. The van der Waals surface area contributed by atoms with E-state index in [1.807, 2.05) is 0 Å². The van der Waals surface area contributed by atoms with E-state index in [0.717, 1.165) is 39.1 Å². The van der Waals surface area contributed by atoms with Gasteiger partial charge in [0, 0.05) is 32.1 Å². The summed E-state index contributed by atoms with van der Waals surface area (Å²) in [7, 11) is 0. The van der Waals surface area contributed by atoms with Crippen molar-refractivity contribution < 1.29 is 4.79 Å². The SMILES string of the molecule is NCCCCN1CCCN(CCC(=O)NC2CC2)CC1. The van der Waals surface area contributed by atoms with Crippen molar-refractivity contribution in [1.29, 1.82) is 0 Å². The van der Waals surface area contributed by atoms with Crippen LogP contribution >= 0.6 is 0 Å². The van der Waals surface area contributed by atoms with Crippen LogP contribution in [0.2, 0.25) is 0 Å². The second-order valence-corrected chi connectivity index (χ2v) is 6.12. The minimum atomic E-state index is 0.233. The number of carbonyl (C=O) groups is 1. The number of carbonyl (C=O) groups excluding carboxylic acids is 1. The van der Waals surface area contributed by atoms with Crippen molar-refractivity contribution in [3.8, 4) is 0 Å². The second-order valence-electron chi connectivity index (χ2n) is 6.12. The lowest BCUT2D eigenvalue weighted by atomic mass is 10.3. The summed E-state index contributed by atoms with van der Waals surface area (Å²) in [5, 5.41) is 3.06. The fourth-order valence-electron chi connectivity index (χ4n) is 2.74. The molecule has 5 heteroatoms. The molecule has 0 unspecified atom stereocenters. The van der Waals surface area contributed by atoms with Crippen LogP contribution in [0.1, 0.15) is 38.5 Å². The molecule has 1 amide bonds. The second kappa shape index (κ2) is 8.60. The number of nitrogens with two attached hydrogens (primary N) is 1. The minimum absolute atomic E-state index is 0.233. The Morgan fingerprint density at radius 2 is 1.75 bits per heavy atom. The highest BCUT2D eigenvalue weighted by Crippen LogP contribution is 2.18. The van der Waals surface area contributed by atoms with Gasteiger partial charge in [0.15, 0.2) is 0 Å². The summed E-state index contributed by atoms with van der Waals surface area (Å²) in [5.74, 6) is 0.233. The molecule has 1 aliphatic heterocycles. The van der Waals surface area contributed by atoms with Gasteiger partial charge in [0.1, 0.15) is 0 Å². The Labute approximate surface area is 122 Å². The van der Waals surface area contributed by atoms with Crippen LogP contribution < -0.4 is 11.1 Å². The van der Waals surface area contributed by atoms with E-state index in [1.54, 1.807) is 0 Å². The Morgan fingerprint density at radius 3 is 2.40 bits per heavy atom. The lowest BCUT2D eigenvalue weighted by molar-refractivity contribution is -0.121. The van der Waals surface area contributed by atoms with E-state index in [0.29, 0.717) is 12.5 Å². The van der Waals surface area contributed by atoms with E-state index < -0.39 is 0 Å². The monoisotopic (exact) mass is 282 g/mol. The number of hydrogen-bond donors (Lipinski definition) is 2. The van der Waals surface area contributed by atoms with Crippen LogP contribution in [0.3, 0.4) is 0 Å². The first-order valence-electron chi connectivity index (χ1n) is 8.22. The number of nitrogens with one attached hydrogen (secondary N) is 1. The summed E-state index contributed by atoms with van der Waals surface area (Å²) in [6.07, 6.45) is 6.55. The molecule has 0 aromatic rings. The zero-order valence-electron chi connectivity index (χ0n) is 12.6. The molecule has 2 rings (SSSR count). The molecule has 116 valence electrons. The molecular weight excluding hydrogens is 252 g/mol. The van der Waals surface area contributed by atoms with Crippen molar-refractivity contribution >= 4 is 5.91 Å². The molecule has 5 nitrogen and oxygen atoms in total. The predicted molar refractivity (Wildman–Crippen MR) is 81.6 cm³/mol. The van der Waals surface area contributed by atoms with Crippen molar-refractivity contribution in [2.45, 2.75) is 44.6 Å². The standard InChI is InChI=1S/C15H30N4O/c16-7-1-2-8-18-9-3-10-19(13-12-18)11-6-15(20)17-14-4-5-14/h14H,1-13,16H2,(H,17,20). The van der Waals surface area contributed by atoms with Crippen molar-refractivity contribution in [2.75, 3.05) is 45.8 Å². The first-order valence-corrected chi connectivity index (χ1v) is 8.22. The summed E-state index contributed by atoms with van der Waals surface area (Å²) in [5.41, 5.74) is 5.54. The fourth-order valence-corrected chi connectivity index (χ4v) is 2.74. The highest BCUT2D eigenvalue weighted by atomic mass is 16.1. The van der Waals surface area contributed by atoms with Gasteiger partial charge in [0.25, 0.3) is 0 Å². The van der Waals surface area contributed by atoms with Crippen LogP contribution in [-0.4, -0.2) is 67.6 Å². The Balaban J connectivity index is 1.58. The molecule has 1 heterocycles. The molecule has 1 saturated carbocycles. The smallest absolute Gasteiger partial charge is 0.221 e. The van der Waals surface area contributed by atoms with Crippen LogP contribution in [0.5, 0.6) is 0 Å². The Morgan fingerprint density at radius 1 is 1.05 bits per heavy atom. The number of nitrogens with zero attached hydrogens (tertiary/aromatic N) is 2. The minimum Gasteiger partial charge on any atom is -0.353 e. The molecule has 1 saturated heterocycles. The van der Waals surface area contributed by atoms with Gasteiger partial charge in [-0.1, -0.05) is 0 Å². The van der Waals surface area contributed by atoms with Gasteiger partial charge in [-0.3, -0.25) is 4.79 Å².